The molecule has 2 heterocycles. The van der Waals surface area contributed by atoms with Crippen LogP contribution in [0, 0.1) is 13.8 Å². The molecular formula is C18H18F3N5O2. The normalized spacial score (nSPS) is 11.7. The number of nitrogens with zero attached hydrogens (tertiary/aromatic N) is 3. The van der Waals surface area contributed by atoms with Gasteiger partial charge in [0.05, 0.1) is 16.8 Å². The molecule has 0 saturated carbocycles. The zero-order chi connectivity index (χ0) is 20.6. The standard InChI is InChI=1S/C18H18F3N5O2/c1-9-13(17(27)24-16-14(8-22)10(2)26(3)25-16)7-11-6-12(28-18(19,20)21)4-5-15(11)23-9/h4-7H,8,22H2,1-3H3,(H,24,25,27). The number of amides is 1. The Morgan fingerprint density at radius 3 is 2.64 bits per heavy atom. The van der Waals surface area contributed by atoms with E-state index in [1.165, 1.54) is 24.3 Å². The van der Waals surface area contributed by atoms with E-state index in [2.05, 4.69) is 20.1 Å². The largest absolute Gasteiger partial charge is 0.573 e. The van der Waals surface area contributed by atoms with Crippen molar-refractivity contribution >= 4 is 22.6 Å². The highest BCUT2D eigenvalue weighted by molar-refractivity contribution is 6.06. The predicted octanol–water partition coefficient (Wildman–Crippen LogP) is 3.19. The molecule has 1 amide bonds. The topological polar surface area (TPSA) is 95.1 Å². The Labute approximate surface area is 158 Å². The van der Waals surface area contributed by atoms with Gasteiger partial charge in [0.2, 0.25) is 0 Å². The van der Waals surface area contributed by atoms with Crippen LogP contribution in [0.2, 0.25) is 0 Å². The van der Waals surface area contributed by atoms with Crippen LogP contribution in [0.1, 0.15) is 27.3 Å². The summed E-state index contributed by atoms with van der Waals surface area (Å²) in [5.41, 5.74) is 8.33. The van der Waals surface area contributed by atoms with E-state index in [1.54, 1.807) is 18.7 Å². The number of nitrogens with two attached hydrogens (primary N) is 1. The van der Waals surface area contributed by atoms with Crippen molar-refractivity contribution in [2.24, 2.45) is 12.8 Å². The molecule has 0 fully saturated rings. The second-order valence-corrected chi connectivity index (χ2v) is 6.22. The van der Waals surface area contributed by atoms with E-state index in [-0.39, 0.29) is 17.9 Å². The number of rotatable bonds is 4. The van der Waals surface area contributed by atoms with Crippen LogP contribution in [0.15, 0.2) is 24.3 Å². The van der Waals surface area contributed by atoms with Crippen LogP contribution >= 0.6 is 0 Å². The van der Waals surface area contributed by atoms with Crippen LogP contribution in [0.5, 0.6) is 5.75 Å². The molecule has 0 spiro atoms. The summed E-state index contributed by atoms with van der Waals surface area (Å²) in [4.78, 5) is 17.0. The summed E-state index contributed by atoms with van der Waals surface area (Å²) in [5, 5.41) is 7.27. The highest BCUT2D eigenvalue weighted by atomic mass is 19.4. The fourth-order valence-electron chi connectivity index (χ4n) is 2.85. The van der Waals surface area contributed by atoms with Crippen molar-refractivity contribution in [2.75, 3.05) is 5.32 Å². The lowest BCUT2D eigenvalue weighted by Gasteiger charge is -2.11. The molecule has 0 saturated heterocycles. The Morgan fingerprint density at radius 1 is 1.29 bits per heavy atom. The Hall–Kier alpha value is -3.14. The van der Waals surface area contributed by atoms with Gasteiger partial charge in [0.25, 0.3) is 5.91 Å². The molecule has 3 rings (SSSR count). The van der Waals surface area contributed by atoms with E-state index >= 15 is 0 Å². The third-order valence-corrected chi connectivity index (χ3v) is 4.35. The summed E-state index contributed by atoms with van der Waals surface area (Å²) in [6.45, 7) is 3.67. The molecule has 0 unspecified atom stereocenters. The Morgan fingerprint density at radius 2 is 2.00 bits per heavy atom. The van der Waals surface area contributed by atoms with E-state index in [0.717, 1.165) is 5.69 Å². The van der Waals surface area contributed by atoms with Gasteiger partial charge in [-0.2, -0.15) is 5.10 Å². The van der Waals surface area contributed by atoms with Crippen LogP contribution in [-0.4, -0.2) is 27.0 Å². The first-order valence-electron chi connectivity index (χ1n) is 8.30. The molecule has 28 heavy (non-hydrogen) atoms. The molecule has 148 valence electrons. The van der Waals surface area contributed by atoms with Crippen molar-refractivity contribution < 1.29 is 22.7 Å². The average molecular weight is 393 g/mol. The number of anilines is 1. The van der Waals surface area contributed by atoms with Gasteiger partial charge in [-0.15, -0.1) is 13.2 Å². The number of alkyl halides is 3. The van der Waals surface area contributed by atoms with Gasteiger partial charge in [-0.05, 0) is 38.1 Å². The Balaban J connectivity index is 1.96. The van der Waals surface area contributed by atoms with E-state index in [0.29, 0.717) is 28.0 Å². The molecule has 0 bridgehead atoms. The maximum absolute atomic E-state index is 12.7. The SMILES string of the molecule is Cc1nc2ccc(OC(F)(F)F)cc2cc1C(=O)Nc1nn(C)c(C)c1CN. The van der Waals surface area contributed by atoms with Crippen molar-refractivity contribution in [2.45, 2.75) is 26.8 Å². The van der Waals surface area contributed by atoms with Crippen LogP contribution in [-0.2, 0) is 13.6 Å². The van der Waals surface area contributed by atoms with Gasteiger partial charge >= 0.3 is 6.36 Å². The van der Waals surface area contributed by atoms with Gasteiger partial charge in [0.1, 0.15) is 5.75 Å². The van der Waals surface area contributed by atoms with Gasteiger partial charge in [0.15, 0.2) is 5.82 Å². The fraction of sp³-hybridized carbons (Fsp3) is 0.278. The van der Waals surface area contributed by atoms with Crippen molar-refractivity contribution in [3.05, 3.63) is 46.8 Å². The number of nitrogens with one attached hydrogen (secondary N) is 1. The minimum Gasteiger partial charge on any atom is -0.406 e. The van der Waals surface area contributed by atoms with Crippen molar-refractivity contribution in [1.29, 1.82) is 0 Å². The first-order chi connectivity index (χ1) is 13.1. The molecule has 2 aromatic heterocycles. The minimum absolute atomic E-state index is 0.197. The van der Waals surface area contributed by atoms with Crippen LogP contribution in [0.3, 0.4) is 0 Å². The van der Waals surface area contributed by atoms with E-state index in [1.807, 2.05) is 6.92 Å². The van der Waals surface area contributed by atoms with Crippen LogP contribution in [0.25, 0.3) is 10.9 Å². The first kappa shape index (κ1) is 19.6. The van der Waals surface area contributed by atoms with Gasteiger partial charge in [-0.1, -0.05) is 0 Å². The summed E-state index contributed by atoms with van der Waals surface area (Å²) in [5.74, 6) is -0.536. The summed E-state index contributed by atoms with van der Waals surface area (Å²) < 4.78 is 42.8. The monoisotopic (exact) mass is 393 g/mol. The third-order valence-electron chi connectivity index (χ3n) is 4.35. The van der Waals surface area contributed by atoms with Gasteiger partial charge in [-0.25, -0.2) is 0 Å². The molecule has 0 aliphatic heterocycles. The number of carbonyl (C=O) groups excluding carboxylic acids is 1. The maximum Gasteiger partial charge on any atom is 0.573 e. The molecule has 3 N–H and O–H groups in total. The summed E-state index contributed by atoms with van der Waals surface area (Å²) in [6.07, 6.45) is -4.80. The van der Waals surface area contributed by atoms with E-state index in [4.69, 9.17) is 5.73 Å². The fourth-order valence-corrected chi connectivity index (χ4v) is 2.85. The summed E-state index contributed by atoms with van der Waals surface area (Å²) >= 11 is 0. The lowest BCUT2D eigenvalue weighted by molar-refractivity contribution is -0.274. The molecule has 0 radical (unpaired) electrons. The summed E-state index contributed by atoms with van der Waals surface area (Å²) in [6, 6.07) is 5.22. The molecule has 0 atom stereocenters. The number of aromatic nitrogens is 3. The predicted molar refractivity (Wildman–Crippen MR) is 97.0 cm³/mol. The number of carbonyl (C=O) groups is 1. The van der Waals surface area contributed by atoms with Gasteiger partial charge in [-0.3, -0.25) is 14.5 Å². The molecule has 3 aromatic rings. The van der Waals surface area contributed by atoms with Crippen molar-refractivity contribution in [1.82, 2.24) is 14.8 Å². The van der Waals surface area contributed by atoms with Crippen LogP contribution < -0.4 is 15.8 Å². The number of fused-ring (bicyclic) bond motifs is 1. The summed E-state index contributed by atoms with van der Waals surface area (Å²) in [7, 11) is 1.73. The van der Waals surface area contributed by atoms with E-state index < -0.39 is 12.3 Å². The van der Waals surface area contributed by atoms with Crippen molar-refractivity contribution in [3.63, 3.8) is 0 Å². The number of aryl methyl sites for hydroxylation is 2. The highest BCUT2D eigenvalue weighted by Gasteiger charge is 2.31. The number of benzene rings is 1. The maximum atomic E-state index is 12.7. The second-order valence-electron chi connectivity index (χ2n) is 6.22. The highest BCUT2D eigenvalue weighted by Crippen LogP contribution is 2.27. The molecule has 0 aliphatic carbocycles. The number of hydrogen-bond acceptors (Lipinski definition) is 5. The number of pyridine rings is 1. The number of halogens is 3. The van der Waals surface area contributed by atoms with Gasteiger partial charge in [0, 0.05) is 30.2 Å². The smallest absolute Gasteiger partial charge is 0.406 e. The quantitative estimate of drug-likeness (QED) is 0.710. The first-order valence-corrected chi connectivity index (χ1v) is 8.30. The lowest BCUT2D eigenvalue weighted by atomic mass is 10.1. The molecule has 0 aliphatic rings. The Bertz CT molecular complexity index is 1060. The van der Waals surface area contributed by atoms with E-state index in [9.17, 15) is 18.0 Å². The number of ether oxygens (including phenoxy) is 1. The third kappa shape index (κ3) is 3.91. The minimum atomic E-state index is -4.80. The van der Waals surface area contributed by atoms with Gasteiger partial charge < -0.3 is 15.8 Å². The molecule has 7 nitrogen and oxygen atoms in total. The molecule has 10 heteroatoms. The number of hydrogen-bond donors (Lipinski definition) is 2. The zero-order valence-corrected chi connectivity index (χ0v) is 15.4. The van der Waals surface area contributed by atoms with Crippen LogP contribution in [0.4, 0.5) is 19.0 Å². The average Bonchev–Trinajstić information content (AvgIpc) is 2.86. The Kier molecular flexibility index (Phi) is 4.99. The molecular weight excluding hydrogens is 375 g/mol. The lowest BCUT2D eigenvalue weighted by Crippen LogP contribution is -2.17. The molecule has 1 aromatic carbocycles. The van der Waals surface area contributed by atoms with Crippen molar-refractivity contribution in [3.8, 4) is 5.75 Å². The second kappa shape index (κ2) is 7.12. The zero-order valence-electron chi connectivity index (χ0n) is 15.4.